The Balaban J connectivity index is 2.24. The lowest BCUT2D eigenvalue weighted by molar-refractivity contribution is -0.117. The number of ether oxygens (including phenoxy) is 1. The number of carbonyl (C=O) groups is 2. The SMILES string of the molecule is C=CC1CC(=O)N(c2oncc2C(=O)OCC)C1. The second-order valence-electron chi connectivity index (χ2n) is 3.97. The Morgan fingerprint density at radius 3 is 3.17 bits per heavy atom. The van der Waals surface area contributed by atoms with E-state index >= 15 is 0 Å². The zero-order chi connectivity index (χ0) is 13.1. The highest BCUT2D eigenvalue weighted by Gasteiger charge is 2.34. The number of aromatic nitrogens is 1. The van der Waals surface area contributed by atoms with Gasteiger partial charge in [-0.1, -0.05) is 11.2 Å². The van der Waals surface area contributed by atoms with Crippen LogP contribution in [-0.2, 0) is 9.53 Å². The van der Waals surface area contributed by atoms with Crippen LogP contribution in [0.25, 0.3) is 0 Å². The van der Waals surface area contributed by atoms with Crippen molar-refractivity contribution in [2.45, 2.75) is 13.3 Å². The molecular weight excluding hydrogens is 236 g/mol. The van der Waals surface area contributed by atoms with Crippen LogP contribution in [0.3, 0.4) is 0 Å². The largest absolute Gasteiger partial charge is 0.462 e. The van der Waals surface area contributed by atoms with Crippen LogP contribution in [-0.4, -0.2) is 30.2 Å². The summed E-state index contributed by atoms with van der Waals surface area (Å²) in [4.78, 5) is 24.9. The summed E-state index contributed by atoms with van der Waals surface area (Å²) in [5, 5.41) is 3.56. The van der Waals surface area contributed by atoms with Gasteiger partial charge in [0.05, 0.1) is 12.8 Å². The molecule has 0 N–H and O–H groups in total. The predicted molar refractivity (Wildman–Crippen MR) is 63.1 cm³/mol. The number of hydrogen-bond acceptors (Lipinski definition) is 5. The molecule has 0 saturated carbocycles. The molecule has 1 aromatic rings. The van der Waals surface area contributed by atoms with Gasteiger partial charge >= 0.3 is 5.97 Å². The minimum absolute atomic E-state index is 0.0673. The summed E-state index contributed by atoms with van der Waals surface area (Å²) in [5.41, 5.74) is 0.176. The van der Waals surface area contributed by atoms with E-state index in [0.29, 0.717) is 13.0 Å². The molecule has 0 aromatic carbocycles. The first kappa shape index (κ1) is 12.3. The number of anilines is 1. The molecule has 6 heteroatoms. The summed E-state index contributed by atoms with van der Waals surface area (Å²) in [6.07, 6.45) is 3.35. The Morgan fingerprint density at radius 1 is 1.78 bits per heavy atom. The summed E-state index contributed by atoms with van der Waals surface area (Å²) < 4.78 is 9.88. The zero-order valence-electron chi connectivity index (χ0n) is 10.1. The van der Waals surface area contributed by atoms with Crippen LogP contribution in [0.15, 0.2) is 23.4 Å². The lowest BCUT2D eigenvalue weighted by atomic mass is 10.1. The van der Waals surface area contributed by atoms with Crippen molar-refractivity contribution in [3.63, 3.8) is 0 Å². The van der Waals surface area contributed by atoms with Crippen molar-refractivity contribution in [1.29, 1.82) is 0 Å². The summed E-state index contributed by atoms with van der Waals surface area (Å²) in [5.74, 6) is -0.425. The fourth-order valence-electron chi connectivity index (χ4n) is 1.87. The Kier molecular flexibility index (Phi) is 3.45. The van der Waals surface area contributed by atoms with E-state index < -0.39 is 5.97 Å². The number of carbonyl (C=O) groups excluding carboxylic acids is 2. The van der Waals surface area contributed by atoms with Gasteiger partial charge in [-0.2, -0.15) is 0 Å². The van der Waals surface area contributed by atoms with Gasteiger partial charge in [0.15, 0.2) is 0 Å². The highest BCUT2D eigenvalue weighted by atomic mass is 16.5. The molecule has 2 heterocycles. The molecule has 1 unspecified atom stereocenters. The van der Waals surface area contributed by atoms with Crippen molar-refractivity contribution in [1.82, 2.24) is 5.16 Å². The van der Waals surface area contributed by atoms with Crippen molar-refractivity contribution in [2.75, 3.05) is 18.1 Å². The molecule has 1 aliphatic rings. The Morgan fingerprint density at radius 2 is 2.56 bits per heavy atom. The summed E-state index contributed by atoms with van der Waals surface area (Å²) in [6, 6.07) is 0. The third-order valence-corrected chi connectivity index (χ3v) is 2.78. The lowest BCUT2D eigenvalue weighted by Crippen LogP contribution is -2.25. The molecule has 0 aliphatic carbocycles. The molecule has 18 heavy (non-hydrogen) atoms. The van der Waals surface area contributed by atoms with E-state index in [1.165, 1.54) is 11.1 Å². The molecule has 0 bridgehead atoms. The van der Waals surface area contributed by atoms with Gasteiger partial charge in [0.2, 0.25) is 11.8 Å². The van der Waals surface area contributed by atoms with Crippen molar-refractivity contribution >= 4 is 17.8 Å². The standard InChI is InChI=1S/C12H14N2O4/c1-3-8-5-10(15)14(7-8)11-9(6-13-18-11)12(16)17-4-2/h3,6,8H,1,4-5,7H2,2H3. The molecule has 0 spiro atoms. The van der Waals surface area contributed by atoms with Crippen LogP contribution in [0.2, 0.25) is 0 Å². The van der Waals surface area contributed by atoms with Crippen molar-refractivity contribution in [2.24, 2.45) is 5.92 Å². The maximum Gasteiger partial charge on any atom is 0.345 e. The molecule has 1 amide bonds. The van der Waals surface area contributed by atoms with E-state index in [9.17, 15) is 9.59 Å². The number of rotatable bonds is 4. The molecule has 2 rings (SSSR count). The fraction of sp³-hybridized carbons (Fsp3) is 0.417. The minimum Gasteiger partial charge on any atom is -0.462 e. The maximum atomic E-state index is 11.8. The van der Waals surface area contributed by atoms with Crippen LogP contribution < -0.4 is 4.90 Å². The summed E-state index contributed by atoms with van der Waals surface area (Å²) in [6.45, 7) is 6.08. The fourth-order valence-corrected chi connectivity index (χ4v) is 1.87. The first-order chi connectivity index (χ1) is 8.67. The molecule has 1 aromatic heterocycles. The first-order valence-electron chi connectivity index (χ1n) is 5.72. The number of esters is 1. The highest BCUT2D eigenvalue weighted by Crippen LogP contribution is 2.28. The van der Waals surface area contributed by atoms with Gasteiger partial charge in [-0.3, -0.25) is 9.69 Å². The van der Waals surface area contributed by atoms with Crippen LogP contribution in [0.4, 0.5) is 5.88 Å². The monoisotopic (exact) mass is 250 g/mol. The van der Waals surface area contributed by atoms with Gasteiger partial charge in [0.1, 0.15) is 5.56 Å². The first-order valence-corrected chi connectivity index (χ1v) is 5.72. The quantitative estimate of drug-likeness (QED) is 0.596. The minimum atomic E-state index is -0.538. The summed E-state index contributed by atoms with van der Waals surface area (Å²) in [7, 11) is 0. The molecule has 0 radical (unpaired) electrons. The number of hydrogen-bond donors (Lipinski definition) is 0. The van der Waals surface area contributed by atoms with Gasteiger partial charge in [-0.25, -0.2) is 4.79 Å². The molecular formula is C12H14N2O4. The van der Waals surface area contributed by atoms with Crippen LogP contribution in [0.5, 0.6) is 0 Å². The van der Waals surface area contributed by atoms with Crippen LogP contribution in [0, 0.1) is 5.92 Å². The van der Waals surface area contributed by atoms with Gasteiger partial charge in [0.25, 0.3) is 0 Å². The number of nitrogens with zero attached hydrogens (tertiary/aromatic N) is 2. The molecule has 1 saturated heterocycles. The molecule has 96 valence electrons. The zero-order valence-corrected chi connectivity index (χ0v) is 10.1. The van der Waals surface area contributed by atoms with E-state index in [1.54, 1.807) is 13.0 Å². The highest BCUT2D eigenvalue weighted by molar-refractivity contribution is 6.01. The van der Waals surface area contributed by atoms with E-state index in [4.69, 9.17) is 9.26 Å². The second kappa shape index (κ2) is 5.03. The molecule has 1 fully saturated rings. The summed E-state index contributed by atoms with van der Waals surface area (Å²) >= 11 is 0. The topological polar surface area (TPSA) is 72.6 Å². The third kappa shape index (κ3) is 2.13. The Bertz CT molecular complexity index is 480. The van der Waals surface area contributed by atoms with E-state index in [0.717, 1.165) is 0 Å². The van der Waals surface area contributed by atoms with Crippen molar-refractivity contribution in [3.8, 4) is 0 Å². The molecule has 1 atom stereocenters. The smallest absolute Gasteiger partial charge is 0.345 e. The normalized spacial score (nSPS) is 19.1. The van der Waals surface area contributed by atoms with Crippen molar-refractivity contribution < 1.29 is 18.8 Å². The van der Waals surface area contributed by atoms with Gasteiger partial charge in [0, 0.05) is 18.9 Å². The van der Waals surface area contributed by atoms with Crippen LogP contribution >= 0.6 is 0 Å². The lowest BCUT2D eigenvalue weighted by Gasteiger charge is -2.12. The van der Waals surface area contributed by atoms with Crippen molar-refractivity contribution in [3.05, 3.63) is 24.4 Å². The average Bonchev–Trinajstić information content (AvgIpc) is 2.94. The second-order valence-corrected chi connectivity index (χ2v) is 3.97. The van der Waals surface area contributed by atoms with Gasteiger partial charge < -0.3 is 9.26 Å². The van der Waals surface area contributed by atoms with Gasteiger partial charge in [-0.15, -0.1) is 6.58 Å². The molecule has 6 nitrogen and oxygen atoms in total. The molecule has 1 aliphatic heterocycles. The van der Waals surface area contributed by atoms with Gasteiger partial charge in [-0.05, 0) is 6.92 Å². The average molecular weight is 250 g/mol. The van der Waals surface area contributed by atoms with E-state index in [2.05, 4.69) is 11.7 Å². The van der Waals surface area contributed by atoms with Crippen LogP contribution in [0.1, 0.15) is 23.7 Å². The Hall–Kier alpha value is -2.11. The Labute approximate surface area is 104 Å². The van der Waals surface area contributed by atoms with E-state index in [-0.39, 0.29) is 29.9 Å². The maximum absolute atomic E-state index is 11.8. The predicted octanol–water partition coefficient (Wildman–Crippen LogP) is 1.39. The number of amides is 1. The van der Waals surface area contributed by atoms with E-state index in [1.807, 2.05) is 0 Å². The third-order valence-electron chi connectivity index (χ3n) is 2.78.